The molecule has 0 saturated carbocycles. The van der Waals surface area contributed by atoms with Gasteiger partial charge in [-0.2, -0.15) is 0 Å². The highest BCUT2D eigenvalue weighted by Gasteiger charge is 2.34. The van der Waals surface area contributed by atoms with Gasteiger partial charge in [0.2, 0.25) is 5.91 Å². The predicted molar refractivity (Wildman–Crippen MR) is 62.2 cm³/mol. The number of hydrogen-bond acceptors (Lipinski definition) is 3. The summed E-state index contributed by atoms with van der Waals surface area (Å²) in [6.07, 6.45) is 3.21. The summed E-state index contributed by atoms with van der Waals surface area (Å²) in [4.78, 5) is 16.5. The minimum absolute atomic E-state index is 0.128. The summed E-state index contributed by atoms with van der Waals surface area (Å²) in [5, 5.41) is 0. The van der Waals surface area contributed by atoms with Crippen molar-refractivity contribution in [3.63, 3.8) is 0 Å². The first kappa shape index (κ1) is 11.9. The van der Waals surface area contributed by atoms with Gasteiger partial charge in [0.05, 0.1) is 12.5 Å². The Hall–Kier alpha value is -0.610. The van der Waals surface area contributed by atoms with E-state index in [2.05, 4.69) is 23.9 Å². The molecule has 0 N–H and O–H groups in total. The van der Waals surface area contributed by atoms with Crippen LogP contribution in [0.2, 0.25) is 0 Å². The third-order valence-electron chi connectivity index (χ3n) is 3.52. The molecular weight excluding hydrogens is 204 g/mol. The summed E-state index contributed by atoms with van der Waals surface area (Å²) in [5.74, 6) is 0.449. The lowest BCUT2D eigenvalue weighted by Crippen LogP contribution is -2.44. The van der Waals surface area contributed by atoms with E-state index in [-0.39, 0.29) is 5.92 Å². The first-order valence-corrected chi connectivity index (χ1v) is 6.21. The van der Waals surface area contributed by atoms with E-state index in [0.717, 1.165) is 39.0 Å². The quantitative estimate of drug-likeness (QED) is 0.705. The molecule has 2 rings (SSSR count). The Bertz CT molecular complexity index is 249. The minimum Gasteiger partial charge on any atom is -0.381 e. The van der Waals surface area contributed by atoms with E-state index in [1.165, 1.54) is 0 Å². The van der Waals surface area contributed by atoms with Crippen molar-refractivity contribution >= 4 is 5.91 Å². The van der Waals surface area contributed by atoms with Crippen LogP contribution in [0.4, 0.5) is 0 Å². The maximum absolute atomic E-state index is 12.3. The molecule has 4 heteroatoms. The second-order valence-corrected chi connectivity index (χ2v) is 5.15. The van der Waals surface area contributed by atoms with E-state index >= 15 is 0 Å². The topological polar surface area (TPSA) is 32.8 Å². The minimum atomic E-state index is 0.128. The van der Waals surface area contributed by atoms with Crippen LogP contribution in [0.1, 0.15) is 19.3 Å². The van der Waals surface area contributed by atoms with Crippen molar-refractivity contribution in [1.82, 2.24) is 9.80 Å². The maximum Gasteiger partial charge on any atom is 0.228 e. The molecule has 92 valence electrons. The van der Waals surface area contributed by atoms with Crippen LogP contribution in [-0.2, 0) is 9.53 Å². The van der Waals surface area contributed by atoms with Gasteiger partial charge in [-0.25, -0.2) is 0 Å². The van der Waals surface area contributed by atoms with Gasteiger partial charge in [-0.3, -0.25) is 4.79 Å². The van der Waals surface area contributed by atoms with Crippen molar-refractivity contribution in [2.45, 2.75) is 25.3 Å². The predicted octanol–water partition coefficient (Wildman–Crippen LogP) is 0.575. The molecule has 0 aromatic carbocycles. The van der Waals surface area contributed by atoms with Crippen molar-refractivity contribution in [2.75, 3.05) is 40.4 Å². The van der Waals surface area contributed by atoms with Gasteiger partial charge in [-0.05, 0) is 33.4 Å². The molecule has 2 aliphatic heterocycles. The summed E-state index contributed by atoms with van der Waals surface area (Å²) < 4.78 is 5.30. The number of likely N-dealkylation sites (tertiary alicyclic amines) is 1. The summed E-state index contributed by atoms with van der Waals surface area (Å²) in [6.45, 7) is 3.31. The number of rotatable bonds is 3. The van der Waals surface area contributed by atoms with E-state index in [1.54, 1.807) is 0 Å². The molecule has 4 nitrogen and oxygen atoms in total. The number of amides is 1. The Morgan fingerprint density at radius 1 is 1.44 bits per heavy atom. The third-order valence-corrected chi connectivity index (χ3v) is 3.52. The van der Waals surface area contributed by atoms with Crippen LogP contribution in [0.25, 0.3) is 0 Å². The third kappa shape index (κ3) is 2.55. The van der Waals surface area contributed by atoms with Crippen LogP contribution >= 0.6 is 0 Å². The molecule has 0 aromatic heterocycles. The SMILES string of the molecule is CN(C)CC1CCCN1C(=O)C1CCOC1. The fourth-order valence-electron chi connectivity index (χ4n) is 2.70. The van der Waals surface area contributed by atoms with Crippen molar-refractivity contribution in [2.24, 2.45) is 5.92 Å². The summed E-state index contributed by atoms with van der Waals surface area (Å²) in [7, 11) is 4.14. The van der Waals surface area contributed by atoms with Gasteiger partial charge in [0.25, 0.3) is 0 Å². The van der Waals surface area contributed by atoms with Crippen LogP contribution in [0.3, 0.4) is 0 Å². The van der Waals surface area contributed by atoms with Gasteiger partial charge in [-0.15, -0.1) is 0 Å². The van der Waals surface area contributed by atoms with Crippen molar-refractivity contribution in [3.05, 3.63) is 0 Å². The lowest BCUT2D eigenvalue weighted by atomic mass is 10.1. The van der Waals surface area contributed by atoms with Crippen molar-refractivity contribution in [1.29, 1.82) is 0 Å². The number of carbonyl (C=O) groups is 1. The van der Waals surface area contributed by atoms with E-state index in [9.17, 15) is 4.79 Å². The van der Waals surface area contributed by atoms with Crippen LogP contribution in [0, 0.1) is 5.92 Å². The molecule has 0 bridgehead atoms. The van der Waals surface area contributed by atoms with Gasteiger partial charge >= 0.3 is 0 Å². The van der Waals surface area contributed by atoms with Crippen molar-refractivity contribution < 1.29 is 9.53 Å². The van der Waals surface area contributed by atoms with Crippen molar-refractivity contribution in [3.8, 4) is 0 Å². The Morgan fingerprint density at radius 3 is 2.88 bits per heavy atom. The molecule has 2 unspecified atom stereocenters. The van der Waals surface area contributed by atoms with Gasteiger partial charge in [0.15, 0.2) is 0 Å². The zero-order chi connectivity index (χ0) is 11.5. The fraction of sp³-hybridized carbons (Fsp3) is 0.917. The molecule has 2 heterocycles. The average Bonchev–Trinajstić information content (AvgIpc) is 2.84. The monoisotopic (exact) mass is 226 g/mol. The molecule has 0 aromatic rings. The number of hydrogen-bond donors (Lipinski definition) is 0. The first-order chi connectivity index (χ1) is 7.68. The second-order valence-electron chi connectivity index (χ2n) is 5.15. The highest BCUT2D eigenvalue weighted by molar-refractivity contribution is 5.79. The van der Waals surface area contributed by atoms with Crippen LogP contribution in [-0.4, -0.2) is 62.1 Å². The molecular formula is C12H22N2O2. The Labute approximate surface area is 97.5 Å². The zero-order valence-electron chi connectivity index (χ0n) is 10.3. The zero-order valence-corrected chi connectivity index (χ0v) is 10.3. The highest BCUT2D eigenvalue weighted by Crippen LogP contribution is 2.23. The number of carbonyl (C=O) groups excluding carboxylic acids is 1. The maximum atomic E-state index is 12.3. The van der Waals surface area contributed by atoms with Crippen LogP contribution < -0.4 is 0 Å². The van der Waals surface area contributed by atoms with Gasteiger partial charge in [-0.1, -0.05) is 0 Å². The molecule has 1 amide bonds. The smallest absolute Gasteiger partial charge is 0.228 e. The Kier molecular flexibility index (Phi) is 3.82. The number of likely N-dealkylation sites (N-methyl/N-ethyl adjacent to an activating group) is 1. The van der Waals surface area contributed by atoms with Gasteiger partial charge in [0.1, 0.15) is 0 Å². The molecule has 0 radical (unpaired) electrons. The normalized spacial score (nSPS) is 30.3. The lowest BCUT2D eigenvalue weighted by molar-refractivity contribution is -0.136. The molecule has 0 spiro atoms. The molecule has 16 heavy (non-hydrogen) atoms. The standard InChI is InChI=1S/C12H22N2O2/c1-13(2)8-11-4-3-6-14(11)12(15)10-5-7-16-9-10/h10-11H,3-9H2,1-2H3. The molecule has 2 saturated heterocycles. The summed E-state index contributed by atoms with van der Waals surface area (Å²) in [5.41, 5.74) is 0. The number of nitrogens with zero attached hydrogens (tertiary/aromatic N) is 2. The Morgan fingerprint density at radius 2 is 2.25 bits per heavy atom. The second kappa shape index (κ2) is 5.15. The molecule has 2 fully saturated rings. The van der Waals surface area contributed by atoms with Gasteiger partial charge in [0, 0.05) is 25.7 Å². The first-order valence-electron chi connectivity index (χ1n) is 6.21. The Balaban J connectivity index is 1.93. The summed E-state index contributed by atoms with van der Waals surface area (Å²) in [6, 6.07) is 0.420. The number of ether oxygens (including phenoxy) is 1. The van der Waals surface area contributed by atoms with Crippen LogP contribution in [0.15, 0.2) is 0 Å². The molecule has 2 aliphatic rings. The van der Waals surface area contributed by atoms with Crippen LogP contribution in [0.5, 0.6) is 0 Å². The van der Waals surface area contributed by atoms with Gasteiger partial charge < -0.3 is 14.5 Å². The molecule has 0 aliphatic carbocycles. The fourth-order valence-corrected chi connectivity index (χ4v) is 2.70. The lowest BCUT2D eigenvalue weighted by Gasteiger charge is -2.29. The van der Waals surface area contributed by atoms with E-state index in [4.69, 9.17) is 4.74 Å². The summed E-state index contributed by atoms with van der Waals surface area (Å²) >= 11 is 0. The average molecular weight is 226 g/mol. The molecule has 2 atom stereocenters. The van der Waals surface area contributed by atoms with E-state index in [0.29, 0.717) is 18.6 Å². The van der Waals surface area contributed by atoms with E-state index in [1.807, 2.05) is 0 Å². The van der Waals surface area contributed by atoms with E-state index < -0.39 is 0 Å². The highest BCUT2D eigenvalue weighted by atomic mass is 16.5. The largest absolute Gasteiger partial charge is 0.381 e.